The van der Waals surface area contributed by atoms with Crippen molar-refractivity contribution >= 4 is 17.6 Å². The van der Waals surface area contributed by atoms with E-state index in [2.05, 4.69) is 6.92 Å². The molecule has 1 saturated heterocycles. The fraction of sp³-hybridized carbons (Fsp3) is 0.500. The lowest BCUT2D eigenvalue weighted by Gasteiger charge is -2.40. The van der Waals surface area contributed by atoms with Gasteiger partial charge in [-0.25, -0.2) is 0 Å². The van der Waals surface area contributed by atoms with Crippen LogP contribution in [0.1, 0.15) is 32.8 Å². The van der Waals surface area contributed by atoms with E-state index >= 15 is 0 Å². The summed E-state index contributed by atoms with van der Waals surface area (Å²) in [5.41, 5.74) is 1.99. The molecule has 0 aliphatic carbocycles. The number of piperidine rings is 1. The van der Waals surface area contributed by atoms with Gasteiger partial charge in [0.25, 0.3) is 0 Å². The Morgan fingerprint density at radius 3 is 2.40 bits per heavy atom. The molecule has 1 aliphatic heterocycles. The third kappa shape index (κ3) is 2.55. The number of aryl methyl sites for hydroxylation is 1. The summed E-state index contributed by atoms with van der Waals surface area (Å²) < 4.78 is 0. The Labute approximate surface area is 119 Å². The normalized spacial score (nSPS) is 26.6. The minimum atomic E-state index is -0.826. The fourth-order valence-electron chi connectivity index (χ4n) is 3.09. The third-order valence-electron chi connectivity index (χ3n) is 4.21. The number of hydrogen-bond donors (Lipinski definition) is 1. The lowest BCUT2D eigenvalue weighted by molar-refractivity contribution is -0.146. The Kier molecular flexibility index (Phi) is 4.12. The predicted octanol–water partition coefficient (Wildman–Crippen LogP) is 2.71. The molecule has 108 valence electrons. The van der Waals surface area contributed by atoms with Crippen LogP contribution in [-0.2, 0) is 16.0 Å². The van der Waals surface area contributed by atoms with Gasteiger partial charge in [-0.3, -0.25) is 9.59 Å². The van der Waals surface area contributed by atoms with E-state index in [4.69, 9.17) is 0 Å². The molecular weight excluding hydrogens is 254 g/mol. The summed E-state index contributed by atoms with van der Waals surface area (Å²) in [5, 5.41) is 9.37. The number of carbonyl (C=O) groups is 2. The van der Waals surface area contributed by atoms with E-state index in [1.165, 1.54) is 5.56 Å². The van der Waals surface area contributed by atoms with Crippen LogP contribution in [0, 0.1) is 11.8 Å². The summed E-state index contributed by atoms with van der Waals surface area (Å²) in [5.74, 6) is -1.46. The van der Waals surface area contributed by atoms with Gasteiger partial charge in [-0.05, 0) is 37.0 Å². The third-order valence-corrected chi connectivity index (χ3v) is 4.21. The van der Waals surface area contributed by atoms with E-state index in [0.717, 1.165) is 12.1 Å². The van der Waals surface area contributed by atoms with Gasteiger partial charge in [0.05, 0.1) is 5.92 Å². The van der Waals surface area contributed by atoms with Crippen molar-refractivity contribution in [1.29, 1.82) is 0 Å². The molecule has 0 aromatic heterocycles. The smallest absolute Gasteiger partial charge is 0.308 e. The molecule has 1 fully saturated rings. The number of amides is 1. The maximum absolute atomic E-state index is 12.3. The van der Waals surface area contributed by atoms with E-state index < -0.39 is 11.9 Å². The lowest BCUT2D eigenvalue weighted by atomic mass is 9.80. The van der Waals surface area contributed by atoms with Crippen LogP contribution in [0.3, 0.4) is 0 Å². The highest BCUT2D eigenvalue weighted by Crippen LogP contribution is 2.33. The van der Waals surface area contributed by atoms with E-state index in [1.54, 1.807) is 4.90 Å². The molecule has 1 amide bonds. The average molecular weight is 275 g/mol. The molecular formula is C16H21NO3. The molecule has 1 heterocycles. The maximum atomic E-state index is 12.3. The summed E-state index contributed by atoms with van der Waals surface area (Å²) >= 11 is 0. The van der Waals surface area contributed by atoms with Crippen LogP contribution in [0.15, 0.2) is 24.3 Å². The number of nitrogens with zero attached hydrogens (tertiary/aromatic N) is 1. The molecule has 1 N–H and O–H groups in total. The van der Waals surface area contributed by atoms with Gasteiger partial charge >= 0.3 is 5.97 Å². The van der Waals surface area contributed by atoms with Gasteiger partial charge in [0.2, 0.25) is 5.91 Å². The van der Waals surface area contributed by atoms with Crippen LogP contribution in [0.2, 0.25) is 0 Å². The lowest BCUT2D eigenvalue weighted by Crippen LogP contribution is -2.53. The quantitative estimate of drug-likeness (QED) is 0.922. The number of carbonyl (C=O) groups excluding carboxylic acids is 1. The van der Waals surface area contributed by atoms with Gasteiger partial charge in [-0.2, -0.15) is 0 Å². The summed E-state index contributed by atoms with van der Waals surface area (Å²) in [6.07, 6.45) is 1.23. The summed E-state index contributed by atoms with van der Waals surface area (Å²) in [6, 6.07) is 7.47. The van der Waals surface area contributed by atoms with E-state index in [1.807, 2.05) is 38.1 Å². The first-order valence-corrected chi connectivity index (χ1v) is 7.09. The highest BCUT2D eigenvalue weighted by Gasteiger charge is 2.42. The topological polar surface area (TPSA) is 57.6 Å². The van der Waals surface area contributed by atoms with Gasteiger partial charge < -0.3 is 10.0 Å². The number of rotatable bonds is 3. The first kappa shape index (κ1) is 14.6. The number of carboxylic acid groups (broad SMARTS) is 1. The van der Waals surface area contributed by atoms with Crippen molar-refractivity contribution in [3.05, 3.63) is 29.8 Å². The molecule has 1 aromatic rings. The minimum absolute atomic E-state index is 0.00625. The van der Waals surface area contributed by atoms with Crippen molar-refractivity contribution in [1.82, 2.24) is 0 Å². The van der Waals surface area contributed by atoms with E-state index in [0.29, 0.717) is 0 Å². The molecule has 1 aromatic carbocycles. The Hall–Kier alpha value is -1.84. The molecule has 3 atom stereocenters. The molecule has 4 nitrogen and oxygen atoms in total. The van der Waals surface area contributed by atoms with Crippen LogP contribution < -0.4 is 4.90 Å². The first-order valence-electron chi connectivity index (χ1n) is 7.09. The van der Waals surface area contributed by atoms with Crippen LogP contribution in [-0.4, -0.2) is 23.0 Å². The summed E-state index contributed by atoms with van der Waals surface area (Å²) in [4.78, 5) is 25.3. The number of aliphatic carboxylic acids is 1. The zero-order valence-electron chi connectivity index (χ0n) is 12.2. The Bertz CT molecular complexity index is 509. The summed E-state index contributed by atoms with van der Waals surface area (Å²) in [6.45, 7) is 5.73. The largest absolute Gasteiger partial charge is 0.481 e. The Morgan fingerprint density at radius 1 is 1.30 bits per heavy atom. The summed E-state index contributed by atoms with van der Waals surface area (Å²) in [7, 11) is 0. The molecule has 0 saturated carbocycles. The molecule has 3 unspecified atom stereocenters. The second-order valence-electron chi connectivity index (χ2n) is 5.57. The van der Waals surface area contributed by atoms with E-state index in [9.17, 15) is 14.7 Å². The maximum Gasteiger partial charge on any atom is 0.308 e. The number of benzene rings is 1. The van der Waals surface area contributed by atoms with E-state index in [-0.39, 0.29) is 24.3 Å². The van der Waals surface area contributed by atoms with Crippen LogP contribution >= 0.6 is 0 Å². The van der Waals surface area contributed by atoms with Crippen molar-refractivity contribution in [2.24, 2.45) is 11.8 Å². The predicted molar refractivity (Wildman–Crippen MR) is 77.7 cm³/mol. The zero-order valence-corrected chi connectivity index (χ0v) is 12.2. The highest BCUT2D eigenvalue weighted by molar-refractivity contribution is 5.96. The molecule has 1 aliphatic rings. The zero-order chi connectivity index (χ0) is 14.9. The Morgan fingerprint density at radius 2 is 1.90 bits per heavy atom. The van der Waals surface area contributed by atoms with Gasteiger partial charge in [-0.15, -0.1) is 0 Å². The number of hydrogen-bond acceptors (Lipinski definition) is 2. The van der Waals surface area contributed by atoms with Gasteiger partial charge in [0.15, 0.2) is 0 Å². The monoisotopic (exact) mass is 275 g/mol. The molecule has 0 radical (unpaired) electrons. The number of anilines is 1. The SMILES string of the molecule is CCc1ccc(N2C(=O)CC(C)C(C(=O)O)C2C)cc1. The van der Waals surface area contributed by atoms with Gasteiger partial charge in [0.1, 0.15) is 0 Å². The molecule has 0 bridgehead atoms. The van der Waals surface area contributed by atoms with Crippen molar-refractivity contribution < 1.29 is 14.7 Å². The highest BCUT2D eigenvalue weighted by atomic mass is 16.4. The van der Waals surface area contributed by atoms with Crippen molar-refractivity contribution in [2.75, 3.05) is 4.90 Å². The standard InChI is InChI=1S/C16H21NO3/c1-4-12-5-7-13(8-6-12)17-11(3)15(16(19)20)10(2)9-14(17)18/h5-8,10-11,15H,4,9H2,1-3H3,(H,19,20). The molecule has 20 heavy (non-hydrogen) atoms. The van der Waals surface area contributed by atoms with Crippen molar-refractivity contribution in [3.8, 4) is 0 Å². The first-order chi connectivity index (χ1) is 9.45. The van der Waals surface area contributed by atoms with Crippen molar-refractivity contribution in [3.63, 3.8) is 0 Å². The van der Waals surface area contributed by atoms with Gasteiger partial charge in [-0.1, -0.05) is 26.0 Å². The molecule has 0 spiro atoms. The van der Waals surface area contributed by atoms with Crippen LogP contribution in [0.4, 0.5) is 5.69 Å². The van der Waals surface area contributed by atoms with Crippen LogP contribution in [0.5, 0.6) is 0 Å². The second kappa shape index (κ2) is 5.65. The van der Waals surface area contributed by atoms with Gasteiger partial charge in [0, 0.05) is 18.2 Å². The molecule has 4 heteroatoms. The van der Waals surface area contributed by atoms with Crippen LogP contribution in [0.25, 0.3) is 0 Å². The minimum Gasteiger partial charge on any atom is -0.481 e. The average Bonchev–Trinajstić information content (AvgIpc) is 2.38. The fourth-order valence-corrected chi connectivity index (χ4v) is 3.09. The van der Waals surface area contributed by atoms with Crippen molar-refractivity contribution in [2.45, 2.75) is 39.7 Å². The Balaban J connectivity index is 2.32. The molecule has 2 rings (SSSR count). The second-order valence-corrected chi connectivity index (χ2v) is 5.57. The number of carboxylic acids is 1.